The molecule has 1 rings (SSSR count). The van der Waals surface area contributed by atoms with Crippen LogP contribution in [0.1, 0.15) is 52.9 Å². The van der Waals surface area contributed by atoms with Crippen molar-refractivity contribution in [1.82, 2.24) is 15.5 Å². The third-order valence-electron chi connectivity index (χ3n) is 4.80. The Morgan fingerprint density at radius 1 is 1.12 bits per heavy atom. The van der Waals surface area contributed by atoms with Crippen molar-refractivity contribution < 1.29 is 4.74 Å². The first-order chi connectivity index (χ1) is 11.3. The summed E-state index contributed by atoms with van der Waals surface area (Å²) < 4.78 is 5.10. The second kappa shape index (κ2) is 15.2. The third-order valence-corrected chi connectivity index (χ3v) is 4.80. The maximum absolute atomic E-state index is 5.10. The molecule has 6 heteroatoms. The van der Waals surface area contributed by atoms with Crippen LogP contribution >= 0.6 is 24.0 Å². The van der Waals surface area contributed by atoms with Crippen LogP contribution in [0.4, 0.5) is 0 Å². The predicted octanol–water partition coefficient (Wildman–Crippen LogP) is 3.10. The Bertz CT molecular complexity index is 316. The highest BCUT2D eigenvalue weighted by molar-refractivity contribution is 14.0. The van der Waals surface area contributed by atoms with E-state index in [2.05, 4.69) is 36.3 Å². The second-order valence-corrected chi connectivity index (χ2v) is 6.38. The van der Waals surface area contributed by atoms with E-state index in [-0.39, 0.29) is 24.0 Å². The minimum absolute atomic E-state index is 0. The average Bonchev–Trinajstić information content (AvgIpc) is 3.09. The molecule has 0 aromatic rings. The van der Waals surface area contributed by atoms with Crippen molar-refractivity contribution in [3.63, 3.8) is 0 Å². The number of likely N-dealkylation sites (tertiary alicyclic amines) is 1. The zero-order valence-corrected chi connectivity index (χ0v) is 18.5. The Morgan fingerprint density at radius 2 is 1.79 bits per heavy atom. The molecule has 24 heavy (non-hydrogen) atoms. The van der Waals surface area contributed by atoms with Crippen molar-refractivity contribution in [2.24, 2.45) is 10.9 Å². The minimum atomic E-state index is 0. The lowest BCUT2D eigenvalue weighted by atomic mass is 9.93. The summed E-state index contributed by atoms with van der Waals surface area (Å²) in [6.45, 7) is 12.7. The first-order valence-corrected chi connectivity index (χ1v) is 9.51. The first-order valence-electron chi connectivity index (χ1n) is 9.51. The van der Waals surface area contributed by atoms with Crippen LogP contribution in [0.3, 0.4) is 0 Å². The number of nitrogens with zero attached hydrogens (tertiary/aromatic N) is 2. The van der Waals surface area contributed by atoms with Crippen LogP contribution in [0.5, 0.6) is 0 Å². The highest BCUT2D eigenvalue weighted by Crippen LogP contribution is 2.23. The Labute approximate surface area is 166 Å². The quantitative estimate of drug-likeness (QED) is 0.218. The Kier molecular flexibility index (Phi) is 15.1. The number of ether oxygens (including phenoxy) is 1. The fourth-order valence-corrected chi connectivity index (χ4v) is 3.42. The number of guanidine groups is 1. The van der Waals surface area contributed by atoms with Gasteiger partial charge < -0.3 is 15.4 Å². The normalized spacial score (nSPS) is 17.0. The Hall–Kier alpha value is -0.0800. The van der Waals surface area contributed by atoms with E-state index in [9.17, 15) is 0 Å². The summed E-state index contributed by atoms with van der Waals surface area (Å²) in [4.78, 5) is 7.55. The Morgan fingerprint density at radius 3 is 2.33 bits per heavy atom. The van der Waals surface area contributed by atoms with Crippen LogP contribution in [0.2, 0.25) is 0 Å². The lowest BCUT2D eigenvalue weighted by Crippen LogP contribution is -2.43. The van der Waals surface area contributed by atoms with Gasteiger partial charge in [0.2, 0.25) is 0 Å². The molecule has 0 amide bonds. The number of hydrogen-bond acceptors (Lipinski definition) is 3. The monoisotopic (exact) mass is 454 g/mol. The topological polar surface area (TPSA) is 48.9 Å². The molecule has 5 nitrogen and oxygen atoms in total. The van der Waals surface area contributed by atoms with Gasteiger partial charge in [-0.15, -0.1) is 24.0 Å². The summed E-state index contributed by atoms with van der Waals surface area (Å²) in [6.07, 6.45) is 6.17. The third kappa shape index (κ3) is 8.85. The van der Waals surface area contributed by atoms with Crippen molar-refractivity contribution in [2.45, 2.75) is 58.9 Å². The van der Waals surface area contributed by atoms with Gasteiger partial charge in [-0.25, -0.2) is 0 Å². The maximum atomic E-state index is 5.10. The van der Waals surface area contributed by atoms with Gasteiger partial charge in [0.25, 0.3) is 0 Å². The van der Waals surface area contributed by atoms with E-state index in [1.807, 2.05) is 0 Å². The van der Waals surface area contributed by atoms with Gasteiger partial charge in [-0.2, -0.15) is 0 Å². The van der Waals surface area contributed by atoms with Crippen LogP contribution in [0, 0.1) is 5.92 Å². The molecule has 0 spiro atoms. The fourth-order valence-electron chi connectivity index (χ4n) is 3.42. The number of aliphatic imine (C=N–C) groups is 1. The molecule has 0 bridgehead atoms. The number of nitrogens with one attached hydrogen (secondary N) is 2. The van der Waals surface area contributed by atoms with E-state index in [0.717, 1.165) is 44.5 Å². The van der Waals surface area contributed by atoms with Crippen LogP contribution in [-0.4, -0.2) is 63.3 Å². The molecule has 1 atom stereocenters. The van der Waals surface area contributed by atoms with E-state index in [0.29, 0.717) is 6.04 Å². The Balaban J connectivity index is 0.00000529. The van der Waals surface area contributed by atoms with Crippen molar-refractivity contribution in [1.29, 1.82) is 0 Å². The van der Waals surface area contributed by atoms with E-state index in [1.54, 1.807) is 7.11 Å². The second-order valence-electron chi connectivity index (χ2n) is 6.38. The van der Waals surface area contributed by atoms with Crippen molar-refractivity contribution >= 4 is 29.9 Å². The average molecular weight is 454 g/mol. The predicted molar refractivity (Wildman–Crippen MR) is 115 cm³/mol. The van der Waals surface area contributed by atoms with E-state index >= 15 is 0 Å². The number of hydrogen-bond donors (Lipinski definition) is 2. The van der Waals surface area contributed by atoms with Gasteiger partial charge in [0.15, 0.2) is 5.96 Å². The fraction of sp³-hybridized carbons (Fsp3) is 0.944. The first kappa shape index (κ1) is 23.9. The lowest BCUT2D eigenvalue weighted by molar-refractivity contribution is 0.171. The number of rotatable bonds is 11. The summed E-state index contributed by atoms with van der Waals surface area (Å²) in [5, 5.41) is 6.78. The highest BCUT2D eigenvalue weighted by Gasteiger charge is 2.27. The van der Waals surface area contributed by atoms with Gasteiger partial charge in [-0.1, -0.05) is 26.7 Å². The van der Waals surface area contributed by atoms with Crippen LogP contribution in [0.15, 0.2) is 4.99 Å². The summed E-state index contributed by atoms with van der Waals surface area (Å²) >= 11 is 0. The summed E-state index contributed by atoms with van der Waals surface area (Å²) in [5.74, 6) is 1.69. The molecule has 1 saturated heterocycles. The molecule has 1 aliphatic heterocycles. The number of halogens is 1. The smallest absolute Gasteiger partial charge is 0.191 e. The molecule has 1 heterocycles. The molecule has 1 fully saturated rings. The largest absolute Gasteiger partial charge is 0.385 e. The standard InChI is InChI=1S/C18H38N4O.HI/c1-5-16(6-2)17(22-12-8-9-13-22)15-21-18(19-7-3)20-11-10-14-23-4;/h16-17H,5-15H2,1-4H3,(H2,19,20,21);1H. The zero-order chi connectivity index (χ0) is 16.9. The van der Waals surface area contributed by atoms with E-state index in [4.69, 9.17) is 9.73 Å². The molecule has 2 N–H and O–H groups in total. The van der Waals surface area contributed by atoms with Crippen molar-refractivity contribution in [2.75, 3.05) is 46.4 Å². The van der Waals surface area contributed by atoms with Crippen LogP contribution in [-0.2, 0) is 4.74 Å². The van der Waals surface area contributed by atoms with E-state index in [1.165, 1.54) is 38.8 Å². The highest BCUT2D eigenvalue weighted by atomic mass is 127. The van der Waals surface area contributed by atoms with Gasteiger partial charge in [-0.05, 0) is 45.2 Å². The molecule has 144 valence electrons. The van der Waals surface area contributed by atoms with Gasteiger partial charge >= 0.3 is 0 Å². The SMILES string of the molecule is CCNC(=NCC(C(CC)CC)N1CCCC1)NCCCOC.I. The summed E-state index contributed by atoms with van der Waals surface area (Å²) in [7, 11) is 1.75. The molecule has 1 aliphatic rings. The molecule has 0 saturated carbocycles. The van der Waals surface area contributed by atoms with Crippen molar-refractivity contribution in [3.8, 4) is 0 Å². The molecule has 0 aromatic carbocycles. The molecule has 0 aromatic heterocycles. The van der Waals surface area contributed by atoms with Crippen LogP contribution in [0.25, 0.3) is 0 Å². The number of methoxy groups -OCH3 is 1. The molecule has 1 unspecified atom stereocenters. The van der Waals surface area contributed by atoms with Gasteiger partial charge in [0.1, 0.15) is 0 Å². The van der Waals surface area contributed by atoms with Gasteiger partial charge in [0.05, 0.1) is 6.54 Å². The zero-order valence-electron chi connectivity index (χ0n) is 16.1. The van der Waals surface area contributed by atoms with Crippen LogP contribution < -0.4 is 10.6 Å². The summed E-state index contributed by atoms with van der Waals surface area (Å²) in [5.41, 5.74) is 0. The maximum Gasteiger partial charge on any atom is 0.191 e. The molecule has 0 radical (unpaired) electrons. The lowest BCUT2D eigenvalue weighted by Gasteiger charge is -2.32. The van der Waals surface area contributed by atoms with Gasteiger partial charge in [-0.3, -0.25) is 9.89 Å². The molecular weight excluding hydrogens is 415 g/mol. The minimum Gasteiger partial charge on any atom is -0.385 e. The van der Waals surface area contributed by atoms with Crippen molar-refractivity contribution in [3.05, 3.63) is 0 Å². The van der Waals surface area contributed by atoms with E-state index < -0.39 is 0 Å². The van der Waals surface area contributed by atoms with Gasteiger partial charge in [0, 0.05) is 32.8 Å². The summed E-state index contributed by atoms with van der Waals surface area (Å²) in [6, 6.07) is 0.585. The molecule has 0 aliphatic carbocycles. The molecular formula is C18H39IN4O.